The smallest absolute Gasteiger partial charge is 0.251 e. The fraction of sp³-hybridized carbons (Fsp3) is 0.294. The van der Waals surface area contributed by atoms with Crippen molar-refractivity contribution in [1.29, 1.82) is 0 Å². The van der Waals surface area contributed by atoms with Gasteiger partial charge in [-0.25, -0.2) is 4.98 Å². The summed E-state index contributed by atoms with van der Waals surface area (Å²) in [6.07, 6.45) is 6.73. The van der Waals surface area contributed by atoms with Crippen LogP contribution in [0.2, 0.25) is 0 Å². The highest BCUT2D eigenvalue weighted by atomic mass is 16.1. The summed E-state index contributed by atoms with van der Waals surface area (Å²) in [6, 6.07) is 7.61. The third kappa shape index (κ3) is 2.58. The molecule has 24 heavy (non-hydrogen) atoms. The van der Waals surface area contributed by atoms with Gasteiger partial charge >= 0.3 is 0 Å². The van der Waals surface area contributed by atoms with Crippen LogP contribution in [-0.2, 0) is 0 Å². The molecular formula is C17H18N6O. The average Bonchev–Trinajstić information content (AvgIpc) is 3.02. The lowest BCUT2D eigenvalue weighted by Crippen LogP contribution is -2.39. The Labute approximate surface area is 139 Å². The van der Waals surface area contributed by atoms with Crippen LogP contribution in [0.5, 0.6) is 0 Å². The largest absolute Gasteiger partial charge is 0.373 e. The molecule has 2 N–H and O–H groups in total. The lowest BCUT2D eigenvalue weighted by Gasteiger charge is -2.26. The van der Waals surface area contributed by atoms with Crippen molar-refractivity contribution in [1.82, 2.24) is 24.9 Å². The van der Waals surface area contributed by atoms with Crippen LogP contribution in [0, 0.1) is 0 Å². The molecule has 7 nitrogen and oxygen atoms in total. The van der Waals surface area contributed by atoms with Crippen LogP contribution in [0.3, 0.4) is 0 Å². The number of pyridine rings is 2. The molecule has 122 valence electrons. The molecule has 1 fully saturated rings. The quantitative estimate of drug-likeness (QED) is 0.768. The van der Waals surface area contributed by atoms with Gasteiger partial charge in [0.2, 0.25) is 0 Å². The van der Waals surface area contributed by atoms with Gasteiger partial charge in [-0.15, -0.1) is 5.10 Å². The number of fused-ring (bicyclic) bond motifs is 1. The molecular weight excluding hydrogens is 304 g/mol. The van der Waals surface area contributed by atoms with E-state index in [1.165, 1.54) is 6.42 Å². The summed E-state index contributed by atoms with van der Waals surface area (Å²) in [5, 5.41) is 10.6. The first-order valence-electron chi connectivity index (χ1n) is 8.04. The molecule has 0 aliphatic heterocycles. The van der Waals surface area contributed by atoms with E-state index in [9.17, 15) is 4.79 Å². The molecule has 0 aromatic carbocycles. The summed E-state index contributed by atoms with van der Waals surface area (Å²) in [5.41, 5.74) is 2.05. The maximum absolute atomic E-state index is 12.4. The second-order valence-electron chi connectivity index (χ2n) is 5.93. The molecule has 3 heterocycles. The van der Waals surface area contributed by atoms with Crippen LogP contribution < -0.4 is 10.6 Å². The monoisotopic (exact) mass is 322 g/mol. The van der Waals surface area contributed by atoms with Crippen LogP contribution in [0.25, 0.3) is 17.0 Å². The van der Waals surface area contributed by atoms with Crippen LogP contribution in [0.4, 0.5) is 5.82 Å². The molecule has 0 unspecified atom stereocenters. The van der Waals surface area contributed by atoms with E-state index in [0.717, 1.165) is 18.4 Å². The zero-order valence-electron chi connectivity index (χ0n) is 13.4. The highest BCUT2D eigenvalue weighted by molar-refractivity contribution is 5.96. The Kier molecular flexibility index (Phi) is 3.60. The second-order valence-corrected chi connectivity index (χ2v) is 5.93. The van der Waals surface area contributed by atoms with Crippen molar-refractivity contribution in [3.05, 3.63) is 42.2 Å². The maximum Gasteiger partial charge on any atom is 0.251 e. The minimum absolute atomic E-state index is 0.0652. The van der Waals surface area contributed by atoms with E-state index in [1.54, 1.807) is 36.1 Å². The van der Waals surface area contributed by atoms with Gasteiger partial charge in [0.05, 0.1) is 0 Å². The minimum atomic E-state index is -0.0652. The zero-order valence-corrected chi connectivity index (χ0v) is 13.4. The number of hydrogen-bond acceptors (Lipinski definition) is 5. The van der Waals surface area contributed by atoms with E-state index in [-0.39, 0.29) is 5.91 Å². The topological polar surface area (TPSA) is 84.2 Å². The van der Waals surface area contributed by atoms with Crippen molar-refractivity contribution in [2.24, 2.45) is 0 Å². The first kappa shape index (κ1) is 14.6. The normalized spacial score (nSPS) is 14.4. The van der Waals surface area contributed by atoms with Gasteiger partial charge < -0.3 is 10.6 Å². The summed E-state index contributed by atoms with van der Waals surface area (Å²) in [5.74, 6) is 1.23. The predicted octanol–water partition coefficient (Wildman–Crippen LogP) is 2.12. The summed E-state index contributed by atoms with van der Waals surface area (Å²) in [6.45, 7) is 0. The average molecular weight is 322 g/mol. The standard InChI is InChI=1S/C17H18N6O/c1-18-14-8-12(17(24)20-13-5-2-6-13)9-15-21-16(22-23(14)15)11-4-3-7-19-10-11/h3-4,7-10,13,18H,2,5-6H2,1H3,(H,20,24). The molecule has 3 aromatic rings. The van der Waals surface area contributed by atoms with Crippen molar-refractivity contribution in [2.75, 3.05) is 12.4 Å². The molecule has 1 saturated carbocycles. The van der Waals surface area contributed by atoms with Gasteiger partial charge in [-0.1, -0.05) is 0 Å². The summed E-state index contributed by atoms with van der Waals surface area (Å²) in [4.78, 5) is 21.1. The Morgan fingerprint density at radius 3 is 2.88 bits per heavy atom. The predicted molar refractivity (Wildman–Crippen MR) is 90.9 cm³/mol. The molecule has 0 saturated heterocycles. The van der Waals surface area contributed by atoms with Crippen molar-refractivity contribution in [3.8, 4) is 11.4 Å². The van der Waals surface area contributed by atoms with Gasteiger partial charge in [0.15, 0.2) is 11.5 Å². The molecule has 0 spiro atoms. The van der Waals surface area contributed by atoms with Crippen molar-refractivity contribution < 1.29 is 4.79 Å². The SMILES string of the molecule is CNc1cc(C(=O)NC2CCC2)cc2nc(-c3cccnc3)nn12. The Hall–Kier alpha value is -2.96. The molecule has 3 aromatic heterocycles. The van der Waals surface area contributed by atoms with Crippen LogP contribution in [-0.4, -0.2) is 38.6 Å². The number of carbonyl (C=O) groups excluding carboxylic acids is 1. The van der Waals surface area contributed by atoms with E-state index < -0.39 is 0 Å². The highest BCUT2D eigenvalue weighted by Gasteiger charge is 2.21. The lowest BCUT2D eigenvalue weighted by molar-refractivity contribution is 0.0917. The number of amides is 1. The highest BCUT2D eigenvalue weighted by Crippen LogP contribution is 2.21. The molecule has 0 atom stereocenters. The van der Waals surface area contributed by atoms with Crippen LogP contribution in [0.1, 0.15) is 29.6 Å². The first-order chi connectivity index (χ1) is 11.7. The lowest BCUT2D eigenvalue weighted by atomic mass is 9.93. The zero-order chi connectivity index (χ0) is 16.5. The van der Waals surface area contributed by atoms with Crippen molar-refractivity contribution in [3.63, 3.8) is 0 Å². The van der Waals surface area contributed by atoms with E-state index in [1.807, 2.05) is 12.1 Å². The number of rotatable bonds is 4. The van der Waals surface area contributed by atoms with Gasteiger partial charge in [0.25, 0.3) is 5.91 Å². The van der Waals surface area contributed by atoms with Crippen molar-refractivity contribution in [2.45, 2.75) is 25.3 Å². The van der Waals surface area contributed by atoms with E-state index in [0.29, 0.717) is 28.9 Å². The fourth-order valence-corrected chi connectivity index (χ4v) is 2.73. The number of anilines is 1. The maximum atomic E-state index is 12.4. The van der Waals surface area contributed by atoms with E-state index in [4.69, 9.17) is 0 Å². The fourth-order valence-electron chi connectivity index (χ4n) is 2.73. The minimum Gasteiger partial charge on any atom is -0.373 e. The molecule has 1 amide bonds. The summed E-state index contributed by atoms with van der Waals surface area (Å²) in [7, 11) is 1.80. The Balaban J connectivity index is 1.73. The van der Waals surface area contributed by atoms with Gasteiger partial charge in [-0.2, -0.15) is 4.52 Å². The number of hydrogen-bond donors (Lipinski definition) is 2. The molecule has 1 aliphatic carbocycles. The number of nitrogens with zero attached hydrogens (tertiary/aromatic N) is 4. The number of aromatic nitrogens is 4. The van der Waals surface area contributed by atoms with Gasteiger partial charge in [0, 0.05) is 36.6 Å². The molecule has 1 aliphatic rings. The third-order valence-electron chi connectivity index (χ3n) is 4.32. The van der Waals surface area contributed by atoms with E-state index in [2.05, 4.69) is 25.7 Å². The Bertz CT molecular complexity index is 885. The van der Waals surface area contributed by atoms with Gasteiger partial charge in [-0.3, -0.25) is 9.78 Å². The molecule has 4 rings (SSSR count). The summed E-state index contributed by atoms with van der Waals surface area (Å²) >= 11 is 0. The van der Waals surface area contributed by atoms with Crippen molar-refractivity contribution >= 4 is 17.4 Å². The van der Waals surface area contributed by atoms with Gasteiger partial charge in [0.1, 0.15) is 5.82 Å². The molecule has 0 radical (unpaired) electrons. The Morgan fingerprint density at radius 2 is 2.21 bits per heavy atom. The number of carbonyl (C=O) groups is 1. The summed E-state index contributed by atoms with van der Waals surface area (Å²) < 4.78 is 1.70. The third-order valence-corrected chi connectivity index (χ3v) is 4.32. The second kappa shape index (κ2) is 5.92. The number of nitrogens with one attached hydrogen (secondary N) is 2. The van der Waals surface area contributed by atoms with E-state index >= 15 is 0 Å². The van der Waals surface area contributed by atoms with Gasteiger partial charge in [-0.05, 0) is 43.5 Å². The Morgan fingerprint density at radius 1 is 1.33 bits per heavy atom. The van der Waals surface area contributed by atoms with Crippen LogP contribution in [0.15, 0.2) is 36.7 Å². The first-order valence-corrected chi connectivity index (χ1v) is 8.04. The molecule has 0 bridgehead atoms. The van der Waals surface area contributed by atoms with Crippen LogP contribution >= 0.6 is 0 Å². The molecule has 7 heteroatoms.